The molecule has 0 aliphatic carbocycles. The Morgan fingerprint density at radius 2 is 1.72 bits per heavy atom. The first-order valence-corrected chi connectivity index (χ1v) is 13.5. The lowest BCUT2D eigenvalue weighted by Crippen LogP contribution is -2.43. The molecule has 0 amide bonds. The normalized spacial score (nSPS) is 17.4. The van der Waals surface area contributed by atoms with E-state index >= 15 is 0 Å². The number of benzene rings is 2. The molecular formula is C26H31ClFN7S. The minimum atomic E-state index is -0.269. The minimum absolute atomic E-state index is 0.269. The first-order valence-electron chi connectivity index (χ1n) is 12.3. The predicted molar refractivity (Wildman–Crippen MR) is 146 cm³/mol. The van der Waals surface area contributed by atoms with E-state index < -0.39 is 0 Å². The highest BCUT2D eigenvalue weighted by molar-refractivity contribution is 7.97. The van der Waals surface area contributed by atoms with Gasteiger partial charge in [-0.2, -0.15) is 4.98 Å². The number of hydrogen-bond donors (Lipinski definition) is 2. The molecule has 0 spiro atoms. The monoisotopic (exact) mass is 527 g/mol. The van der Waals surface area contributed by atoms with Gasteiger partial charge in [-0.3, -0.25) is 4.90 Å². The summed E-state index contributed by atoms with van der Waals surface area (Å²) in [4.78, 5) is 14.6. The van der Waals surface area contributed by atoms with Gasteiger partial charge in [-0.15, -0.1) is 0 Å². The van der Waals surface area contributed by atoms with Crippen LogP contribution >= 0.6 is 23.5 Å². The highest BCUT2D eigenvalue weighted by Crippen LogP contribution is 2.35. The van der Waals surface area contributed by atoms with Crippen molar-refractivity contribution < 1.29 is 4.39 Å². The van der Waals surface area contributed by atoms with Crippen molar-refractivity contribution in [2.45, 2.75) is 24.3 Å². The number of anilines is 4. The fourth-order valence-electron chi connectivity index (χ4n) is 4.32. The number of halogens is 2. The van der Waals surface area contributed by atoms with Crippen LogP contribution in [0.5, 0.6) is 0 Å². The lowest BCUT2D eigenvalue weighted by Gasteiger charge is -2.32. The highest BCUT2D eigenvalue weighted by Gasteiger charge is 2.17. The van der Waals surface area contributed by atoms with E-state index in [1.807, 2.05) is 12.1 Å². The van der Waals surface area contributed by atoms with Crippen molar-refractivity contribution in [1.29, 1.82) is 0 Å². The van der Waals surface area contributed by atoms with Gasteiger partial charge in [0.15, 0.2) is 5.82 Å². The van der Waals surface area contributed by atoms with Gasteiger partial charge in [-0.1, -0.05) is 23.7 Å². The third kappa shape index (κ3) is 6.66. The number of hydrogen-bond acceptors (Lipinski definition) is 8. The van der Waals surface area contributed by atoms with E-state index in [-0.39, 0.29) is 5.82 Å². The van der Waals surface area contributed by atoms with Crippen molar-refractivity contribution in [3.05, 3.63) is 65.1 Å². The summed E-state index contributed by atoms with van der Waals surface area (Å²) in [5.74, 6) is 0.634. The Bertz CT molecular complexity index is 1170. The standard InChI is InChI=1S/C26H31ClFN7S/c1-33-12-14-34(15-13-33)18-19-4-7-21(8-5-19)30-26-29-17-22(27)25(32-26)31-23-9-6-20(28)16-24(23)36-35-10-2-3-11-35/h4-9,16-17H,2-3,10-15,18H2,1H3,(H2,29,30,31,32). The van der Waals surface area contributed by atoms with Crippen molar-refractivity contribution >= 4 is 46.7 Å². The smallest absolute Gasteiger partial charge is 0.229 e. The van der Waals surface area contributed by atoms with Crippen LogP contribution in [-0.2, 0) is 6.54 Å². The van der Waals surface area contributed by atoms with Crippen LogP contribution < -0.4 is 10.6 Å². The Morgan fingerprint density at radius 1 is 0.972 bits per heavy atom. The van der Waals surface area contributed by atoms with Gasteiger partial charge in [0.05, 0.1) is 11.9 Å². The fourth-order valence-corrected chi connectivity index (χ4v) is 5.56. The van der Waals surface area contributed by atoms with E-state index in [1.54, 1.807) is 30.3 Å². The third-order valence-electron chi connectivity index (χ3n) is 6.45. The molecule has 0 saturated carbocycles. The third-order valence-corrected chi connectivity index (χ3v) is 7.88. The maximum atomic E-state index is 14.0. The number of aromatic nitrogens is 2. The largest absolute Gasteiger partial charge is 0.338 e. The summed E-state index contributed by atoms with van der Waals surface area (Å²) in [7, 11) is 2.17. The number of likely N-dealkylation sites (N-methyl/N-ethyl adjacent to an activating group) is 1. The molecule has 0 bridgehead atoms. The maximum absolute atomic E-state index is 14.0. The Labute approximate surface area is 221 Å². The molecule has 2 aliphatic heterocycles. The molecule has 3 heterocycles. The van der Waals surface area contributed by atoms with Crippen LogP contribution in [0.4, 0.5) is 27.5 Å². The summed E-state index contributed by atoms with van der Waals surface area (Å²) in [6, 6.07) is 13.1. The zero-order valence-electron chi connectivity index (χ0n) is 20.4. The zero-order chi connectivity index (χ0) is 24.9. The molecule has 1 aromatic heterocycles. The van der Waals surface area contributed by atoms with Gasteiger partial charge in [-0.05, 0) is 67.7 Å². The summed E-state index contributed by atoms with van der Waals surface area (Å²) < 4.78 is 16.2. The Balaban J connectivity index is 1.25. The number of rotatable bonds is 8. The second kappa shape index (κ2) is 11.7. The lowest BCUT2D eigenvalue weighted by atomic mass is 10.2. The van der Waals surface area contributed by atoms with Gasteiger partial charge >= 0.3 is 0 Å². The molecule has 2 aliphatic rings. The van der Waals surface area contributed by atoms with Gasteiger partial charge in [0.1, 0.15) is 10.8 Å². The van der Waals surface area contributed by atoms with E-state index in [1.165, 1.54) is 11.6 Å². The van der Waals surface area contributed by atoms with Gasteiger partial charge in [-0.25, -0.2) is 13.7 Å². The summed E-state index contributed by atoms with van der Waals surface area (Å²) in [6.45, 7) is 7.36. The van der Waals surface area contributed by atoms with Gasteiger partial charge in [0.25, 0.3) is 0 Å². The van der Waals surface area contributed by atoms with Crippen LogP contribution in [0, 0.1) is 5.82 Å². The van der Waals surface area contributed by atoms with Crippen LogP contribution in [0.25, 0.3) is 0 Å². The van der Waals surface area contributed by atoms with E-state index in [9.17, 15) is 4.39 Å². The Hall–Kier alpha value is -2.43. The second-order valence-corrected chi connectivity index (χ2v) is 10.8. The molecule has 5 rings (SSSR count). The first kappa shape index (κ1) is 25.2. The molecule has 2 aromatic carbocycles. The van der Waals surface area contributed by atoms with Crippen molar-refractivity contribution in [2.24, 2.45) is 0 Å². The molecule has 2 N–H and O–H groups in total. The molecular weight excluding hydrogens is 497 g/mol. The Morgan fingerprint density at radius 3 is 2.47 bits per heavy atom. The lowest BCUT2D eigenvalue weighted by molar-refractivity contribution is 0.148. The molecule has 2 saturated heterocycles. The molecule has 10 heteroatoms. The molecule has 190 valence electrons. The quantitative estimate of drug-likeness (QED) is 0.367. The topological polar surface area (TPSA) is 59.6 Å². The van der Waals surface area contributed by atoms with Crippen LogP contribution in [0.1, 0.15) is 18.4 Å². The number of nitrogens with one attached hydrogen (secondary N) is 2. The van der Waals surface area contributed by atoms with Crippen LogP contribution in [-0.4, -0.2) is 70.4 Å². The van der Waals surface area contributed by atoms with Crippen LogP contribution in [0.2, 0.25) is 5.02 Å². The number of piperazine rings is 1. The first-order chi connectivity index (χ1) is 17.5. The average Bonchev–Trinajstić information content (AvgIpc) is 3.38. The summed E-state index contributed by atoms with van der Waals surface area (Å²) >= 11 is 7.97. The van der Waals surface area contributed by atoms with Gasteiger partial charge < -0.3 is 15.5 Å². The maximum Gasteiger partial charge on any atom is 0.229 e. The fraction of sp³-hybridized carbons (Fsp3) is 0.385. The van der Waals surface area contributed by atoms with Crippen molar-refractivity contribution in [2.75, 3.05) is 56.9 Å². The minimum Gasteiger partial charge on any atom is -0.338 e. The van der Waals surface area contributed by atoms with Gasteiger partial charge in [0.2, 0.25) is 5.95 Å². The Kier molecular flexibility index (Phi) is 8.23. The second-order valence-electron chi connectivity index (χ2n) is 9.28. The van der Waals surface area contributed by atoms with Crippen molar-refractivity contribution in [1.82, 2.24) is 24.1 Å². The molecule has 0 unspecified atom stereocenters. The van der Waals surface area contributed by atoms with Crippen molar-refractivity contribution in [3.8, 4) is 0 Å². The van der Waals surface area contributed by atoms with Gasteiger partial charge in [0, 0.05) is 56.4 Å². The molecule has 3 aromatic rings. The summed E-state index contributed by atoms with van der Waals surface area (Å²) in [6.07, 6.45) is 3.89. The SMILES string of the molecule is CN1CCN(Cc2ccc(Nc3ncc(Cl)c(Nc4ccc(F)cc4SN4CCCC4)n3)cc2)CC1. The van der Waals surface area contributed by atoms with E-state index in [0.717, 1.165) is 74.9 Å². The molecule has 36 heavy (non-hydrogen) atoms. The molecule has 2 fully saturated rings. The summed E-state index contributed by atoms with van der Waals surface area (Å²) in [5.41, 5.74) is 2.94. The number of nitrogens with zero attached hydrogens (tertiary/aromatic N) is 5. The van der Waals surface area contributed by atoms with Crippen LogP contribution in [0.15, 0.2) is 53.6 Å². The predicted octanol–water partition coefficient (Wildman–Crippen LogP) is 5.61. The molecule has 0 atom stereocenters. The molecule has 7 nitrogen and oxygen atoms in total. The average molecular weight is 528 g/mol. The van der Waals surface area contributed by atoms with E-state index in [0.29, 0.717) is 16.8 Å². The summed E-state index contributed by atoms with van der Waals surface area (Å²) in [5, 5.41) is 6.93. The highest BCUT2D eigenvalue weighted by atomic mass is 35.5. The van der Waals surface area contributed by atoms with E-state index in [2.05, 4.69) is 53.9 Å². The van der Waals surface area contributed by atoms with Crippen molar-refractivity contribution in [3.63, 3.8) is 0 Å². The van der Waals surface area contributed by atoms with Crippen LogP contribution in [0.3, 0.4) is 0 Å². The van der Waals surface area contributed by atoms with E-state index in [4.69, 9.17) is 11.6 Å². The zero-order valence-corrected chi connectivity index (χ0v) is 22.0. The molecule has 0 radical (unpaired) electrons.